The summed E-state index contributed by atoms with van der Waals surface area (Å²) in [5.74, 6) is -0.0301. The van der Waals surface area contributed by atoms with E-state index in [0.29, 0.717) is 6.54 Å². The van der Waals surface area contributed by atoms with Crippen molar-refractivity contribution < 1.29 is 8.42 Å². The van der Waals surface area contributed by atoms with Crippen molar-refractivity contribution >= 4 is 25.8 Å². The Labute approximate surface area is 98.7 Å². The Balaban J connectivity index is 2.93. The lowest BCUT2D eigenvalue weighted by molar-refractivity contribution is 0.593. The maximum absolute atomic E-state index is 11.2. The summed E-state index contributed by atoms with van der Waals surface area (Å²) in [5, 5.41) is 0. The summed E-state index contributed by atoms with van der Waals surface area (Å²) in [7, 11) is -2.99. The van der Waals surface area contributed by atoms with E-state index in [1.54, 1.807) is 0 Å². The lowest BCUT2D eigenvalue weighted by Crippen LogP contribution is -2.21. The van der Waals surface area contributed by atoms with Crippen molar-refractivity contribution in [1.29, 1.82) is 0 Å². The van der Waals surface area contributed by atoms with E-state index in [9.17, 15) is 8.42 Å². The number of benzene rings is 1. The molecule has 0 bridgehead atoms. The summed E-state index contributed by atoms with van der Waals surface area (Å²) in [5.41, 5.74) is 6.54. The molecule has 0 spiro atoms. The van der Waals surface area contributed by atoms with Crippen molar-refractivity contribution in [1.82, 2.24) is 0 Å². The van der Waals surface area contributed by atoms with Crippen LogP contribution in [0.3, 0.4) is 0 Å². The van der Waals surface area contributed by atoms with Gasteiger partial charge < -0.3 is 5.73 Å². The highest BCUT2D eigenvalue weighted by molar-refractivity contribution is 9.10. The maximum atomic E-state index is 11.2. The van der Waals surface area contributed by atoms with E-state index in [0.717, 1.165) is 10.0 Å². The SMILES string of the molecule is CS(=O)(=O)CC(CN)c1cccc(Br)c1. The molecule has 0 aliphatic heterocycles. The molecule has 84 valence electrons. The Bertz CT molecular complexity index is 431. The standard InChI is InChI=1S/C10H14BrNO2S/c1-15(13,14)7-9(6-12)8-3-2-4-10(11)5-8/h2-5,9H,6-7,12H2,1H3. The third kappa shape index (κ3) is 4.32. The van der Waals surface area contributed by atoms with Crippen LogP contribution in [0.2, 0.25) is 0 Å². The van der Waals surface area contributed by atoms with E-state index < -0.39 is 9.84 Å². The van der Waals surface area contributed by atoms with Gasteiger partial charge in [-0.05, 0) is 17.7 Å². The lowest BCUT2D eigenvalue weighted by atomic mass is 10.0. The fourth-order valence-corrected chi connectivity index (χ4v) is 2.90. The molecule has 0 heterocycles. The highest BCUT2D eigenvalue weighted by Gasteiger charge is 2.15. The van der Waals surface area contributed by atoms with Gasteiger partial charge in [-0.3, -0.25) is 0 Å². The summed E-state index contributed by atoms with van der Waals surface area (Å²) in [6, 6.07) is 7.58. The number of hydrogen-bond acceptors (Lipinski definition) is 3. The zero-order valence-corrected chi connectivity index (χ0v) is 10.9. The van der Waals surface area contributed by atoms with Gasteiger partial charge in [0.1, 0.15) is 9.84 Å². The Kier molecular flexibility index (Phi) is 4.31. The molecule has 1 unspecified atom stereocenters. The van der Waals surface area contributed by atoms with Gasteiger partial charge in [-0.2, -0.15) is 0 Å². The number of nitrogens with two attached hydrogens (primary N) is 1. The van der Waals surface area contributed by atoms with Crippen LogP contribution in [0.15, 0.2) is 28.7 Å². The van der Waals surface area contributed by atoms with Crippen LogP contribution >= 0.6 is 15.9 Å². The van der Waals surface area contributed by atoms with Crippen molar-refractivity contribution in [3.63, 3.8) is 0 Å². The molecule has 1 atom stereocenters. The van der Waals surface area contributed by atoms with Gasteiger partial charge >= 0.3 is 0 Å². The van der Waals surface area contributed by atoms with Gasteiger partial charge in [-0.1, -0.05) is 28.1 Å². The maximum Gasteiger partial charge on any atom is 0.148 e. The minimum absolute atomic E-state index is 0.0972. The first-order valence-electron chi connectivity index (χ1n) is 4.55. The van der Waals surface area contributed by atoms with Crippen molar-refractivity contribution in [2.24, 2.45) is 5.73 Å². The van der Waals surface area contributed by atoms with Gasteiger partial charge in [0.15, 0.2) is 0 Å². The molecule has 0 amide bonds. The Morgan fingerprint density at radius 3 is 2.60 bits per heavy atom. The van der Waals surface area contributed by atoms with Gasteiger partial charge in [0, 0.05) is 23.2 Å². The van der Waals surface area contributed by atoms with Gasteiger partial charge in [-0.15, -0.1) is 0 Å². The first-order chi connectivity index (χ1) is 6.92. The highest BCUT2D eigenvalue weighted by atomic mass is 79.9. The van der Waals surface area contributed by atoms with Crippen LogP contribution < -0.4 is 5.73 Å². The summed E-state index contributed by atoms with van der Waals surface area (Å²) < 4.78 is 23.3. The van der Waals surface area contributed by atoms with Crippen molar-refractivity contribution in [2.45, 2.75) is 5.92 Å². The lowest BCUT2D eigenvalue weighted by Gasteiger charge is -2.14. The fourth-order valence-electron chi connectivity index (χ4n) is 1.43. The zero-order chi connectivity index (χ0) is 11.5. The van der Waals surface area contributed by atoms with Crippen LogP contribution in [0.4, 0.5) is 0 Å². The van der Waals surface area contributed by atoms with Crippen molar-refractivity contribution in [3.05, 3.63) is 34.3 Å². The molecular formula is C10H14BrNO2S. The van der Waals surface area contributed by atoms with E-state index in [-0.39, 0.29) is 11.7 Å². The molecule has 15 heavy (non-hydrogen) atoms. The Hall–Kier alpha value is -0.390. The number of sulfone groups is 1. The number of hydrogen-bond donors (Lipinski definition) is 1. The second-order valence-corrected chi connectivity index (χ2v) is 6.68. The van der Waals surface area contributed by atoms with Crippen LogP contribution in [-0.4, -0.2) is 27.0 Å². The van der Waals surface area contributed by atoms with E-state index >= 15 is 0 Å². The zero-order valence-electron chi connectivity index (χ0n) is 8.48. The Morgan fingerprint density at radius 1 is 1.47 bits per heavy atom. The minimum atomic E-state index is -2.99. The molecule has 1 aromatic rings. The average Bonchev–Trinajstić information content (AvgIpc) is 2.13. The molecule has 3 nitrogen and oxygen atoms in total. The second-order valence-electron chi connectivity index (χ2n) is 3.58. The molecule has 0 aromatic heterocycles. The molecule has 0 aliphatic carbocycles. The molecule has 1 rings (SSSR count). The average molecular weight is 292 g/mol. The third-order valence-electron chi connectivity index (χ3n) is 2.11. The summed E-state index contributed by atoms with van der Waals surface area (Å²) in [4.78, 5) is 0. The van der Waals surface area contributed by atoms with Gasteiger partial charge in [-0.25, -0.2) is 8.42 Å². The smallest absolute Gasteiger partial charge is 0.148 e. The Morgan fingerprint density at radius 2 is 2.13 bits per heavy atom. The molecular weight excluding hydrogens is 278 g/mol. The second kappa shape index (κ2) is 5.09. The van der Waals surface area contributed by atoms with E-state index in [4.69, 9.17) is 5.73 Å². The van der Waals surface area contributed by atoms with E-state index in [1.165, 1.54) is 6.26 Å². The molecule has 0 aliphatic rings. The first-order valence-corrected chi connectivity index (χ1v) is 7.41. The van der Waals surface area contributed by atoms with E-state index in [2.05, 4.69) is 15.9 Å². The number of rotatable bonds is 4. The van der Waals surface area contributed by atoms with Gasteiger partial charge in [0.25, 0.3) is 0 Å². The van der Waals surface area contributed by atoms with Crippen LogP contribution in [-0.2, 0) is 9.84 Å². The molecule has 1 aromatic carbocycles. The topological polar surface area (TPSA) is 60.2 Å². The molecule has 0 fully saturated rings. The quantitative estimate of drug-likeness (QED) is 0.915. The molecule has 0 saturated carbocycles. The predicted molar refractivity (Wildman–Crippen MR) is 65.6 cm³/mol. The number of halogens is 1. The third-order valence-corrected chi connectivity index (χ3v) is 3.61. The monoisotopic (exact) mass is 291 g/mol. The van der Waals surface area contributed by atoms with Crippen LogP contribution in [0, 0.1) is 0 Å². The van der Waals surface area contributed by atoms with E-state index in [1.807, 2.05) is 24.3 Å². The molecule has 2 N–H and O–H groups in total. The van der Waals surface area contributed by atoms with Crippen molar-refractivity contribution in [2.75, 3.05) is 18.6 Å². The first kappa shape index (κ1) is 12.7. The van der Waals surface area contributed by atoms with Crippen LogP contribution in [0.1, 0.15) is 11.5 Å². The molecule has 0 radical (unpaired) electrons. The minimum Gasteiger partial charge on any atom is -0.330 e. The normalized spacial score (nSPS) is 13.8. The van der Waals surface area contributed by atoms with Gasteiger partial charge in [0.2, 0.25) is 0 Å². The molecule has 5 heteroatoms. The largest absolute Gasteiger partial charge is 0.330 e. The molecule has 0 saturated heterocycles. The fraction of sp³-hybridized carbons (Fsp3) is 0.400. The van der Waals surface area contributed by atoms with Crippen LogP contribution in [0.25, 0.3) is 0 Å². The highest BCUT2D eigenvalue weighted by Crippen LogP contribution is 2.20. The summed E-state index contributed by atoms with van der Waals surface area (Å²) >= 11 is 3.35. The van der Waals surface area contributed by atoms with Crippen LogP contribution in [0.5, 0.6) is 0 Å². The predicted octanol–water partition coefficient (Wildman–Crippen LogP) is 1.54. The summed E-state index contributed by atoms with van der Waals surface area (Å²) in [6.07, 6.45) is 1.23. The summed E-state index contributed by atoms with van der Waals surface area (Å²) in [6.45, 7) is 0.337. The van der Waals surface area contributed by atoms with Gasteiger partial charge in [0.05, 0.1) is 5.75 Å². The van der Waals surface area contributed by atoms with Crippen molar-refractivity contribution in [3.8, 4) is 0 Å².